The quantitative estimate of drug-likeness (QED) is 0.334. The van der Waals surface area contributed by atoms with Gasteiger partial charge in [0.2, 0.25) is 0 Å². The second-order valence-electron chi connectivity index (χ2n) is 4.33. The first-order valence-electron chi connectivity index (χ1n) is 6.39. The fourth-order valence-electron chi connectivity index (χ4n) is 1.65. The van der Waals surface area contributed by atoms with Crippen molar-refractivity contribution in [3.63, 3.8) is 0 Å². The molecule has 0 N–H and O–H groups in total. The summed E-state index contributed by atoms with van der Waals surface area (Å²) in [5, 5.41) is 0. The predicted octanol–water partition coefficient (Wildman–Crippen LogP) is 3.43. The lowest BCUT2D eigenvalue weighted by Crippen LogP contribution is -2.08. The molecule has 0 aliphatic rings. The van der Waals surface area contributed by atoms with Gasteiger partial charge in [0.05, 0.1) is 7.11 Å². The van der Waals surface area contributed by atoms with E-state index in [4.69, 9.17) is 0 Å². The summed E-state index contributed by atoms with van der Waals surface area (Å²) < 4.78 is 4.49. The van der Waals surface area contributed by atoms with Crippen molar-refractivity contribution >= 4 is 11.8 Å². The van der Waals surface area contributed by atoms with Crippen molar-refractivity contribution < 1.29 is 14.3 Å². The van der Waals surface area contributed by atoms with Crippen molar-refractivity contribution in [2.24, 2.45) is 0 Å². The van der Waals surface area contributed by atoms with E-state index in [0.717, 1.165) is 12.8 Å². The number of methoxy groups -OCH3 is 1. The van der Waals surface area contributed by atoms with Crippen LogP contribution in [0.5, 0.6) is 0 Å². The molecule has 0 aliphatic carbocycles. The number of esters is 1. The van der Waals surface area contributed by atoms with Crippen LogP contribution in [0.25, 0.3) is 0 Å². The third kappa shape index (κ3) is 8.66. The molecule has 98 valence electrons. The number of ether oxygens (including phenoxy) is 1. The molecular weight excluding hydrogens is 216 g/mol. The van der Waals surface area contributed by atoms with Gasteiger partial charge in [0.25, 0.3) is 0 Å². The fourth-order valence-corrected chi connectivity index (χ4v) is 1.65. The number of Topliss-reactive ketones (excluding diaryl/α,β-unsaturated/α-hetero) is 1. The maximum atomic E-state index is 11.5. The summed E-state index contributed by atoms with van der Waals surface area (Å²) in [5.41, 5.74) is 0.253. The van der Waals surface area contributed by atoms with Crippen molar-refractivity contribution in [2.75, 3.05) is 7.11 Å². The summed E-state index contributed by atoms with van der Waals surface area (Å²) in [6.45, 7) is 5.72. The number of hydrogen-bond donors (Lipinski definition) is 0. The molecule has 0 amide bonds. The third-order valence-electron chi connectivity index (χ3n) is 2.69. The van der Waals surface area contributed by atoms with Crippen LogP contribution in [-0.2, 0) is 14.3 Å². The minimum absolute atomic E-state index is 0.0795. The van der Waals surface area contributed by atoms with Gasteiger partial charge >= 0.3 is 5.97 Å². The molecule has 0 aromatic rings. The van der Waals surface area contributed by atoms with Crippen LogP contribution in [0, 0.1) is 0 Å². The molecule has 17 heavy (non-hydrogen) atoms. The number of hydrogen-bond acceptors (Lipinski definition) is 3. The van der Waals surface area contributed by atoms with Crippen LogP contribution < -0.4 is 0 Å². The summed E-state index contributed by atoms with van der Waals surface area (Å²) in [5.74, 6) is -0.405. The van der Waals surface area contributed by atoms with Gasteiger partial charge in [0, 0.05) is 18.4 Å². The zero-order chi connectivity index (χ0) is 13.1. The van der Waals surface area contributed by atoms with Crippen LogP contribution in [0.2, 0.25) is 0 Å². The Labute approximate surface area is 104 Å². The summed E-state index contributed by atoms with van der Waals surface area (Å²) in [6.07, 6.45) is 7.63. The Kier molecular flexibility index (Phi) is 9.40. The first-order chi connectivity index (χ1) is 8.11. The van der Waals surface area contributed by atoms with Crippen LogP contribution in [0.1, 0.15) is 58.3 Å². The Balaban J connectivity index is 3.53. The highest BCUT2D eigenvalue weighted by Gasteiger charge is 2.11. The summed E-state index contributed by atoms with van der Waals surface area (Å²) >= 11 is 0. The number of unbranched alkanes of at least 4 members (excludes halogenated alkanes) is 5. The average Bonchev–Trinajstić information content (AvgIpc) is 2.32. The number of rotatable bonds is 10. The van der Waals surface area contributed by atoms with E-state index in [-0.39, 0.29) is 17.8 Å². The van der Waals surface area contributed by atoms with Gasteiger partial charge in [0.15, 0.2) is 0 Å². The number of carbonyl (C=O) groups is 2. The fraction of sp³-hybridized carbons (Fsp3) is 0.714. The van der Waals surface area contributed by atoms with Gasteiger partial charge in [-0.1, -0.05) is 45.6 Å². The lowest BCUT2D eigenvalue weighted by atomic mass is 10.0. The minimum Gasteiger partial charge on any atom is -0.466 e. The molecule has 0 spiro atoms. The van der Waals surface area contributed by atoms with Crippen molar-refractivity contribution in [1.29, 1.82) is 0 Å². The van der Waals surface area contributed by atoms with Crippen LogP contribution in [0.15, 0.2) is 12.2 Å². The van der Waals surface area contributed by atoms with Crippen molar-refractivity contribution in [3.05, 3.63) is 12.2 Å². The molecule has 0 fully saturated rings. The molecule has 0 rings (SSSR count). The van der Waals surface area contributed by atoms with E-state index in [9.17, 15) is 9.59 Å². The molecule has 3 heteroatoms. The summed E-state index contributed by atoms with van der Waals surface area (Å²) in [6, 6.07) is 0. The Morgan fingerprint density at radius 3 is 2.24 bits per heavy atom. The standard InChI is InChI=1S/C14H24O3/c1-4-5-6-7-8-9-10-13(15)11-12(2)14(16)17-3/h2,4-11H2,1,3H3. The van der Waals surface area contributed by atoms with Gasteiger partial charge in [-0.3, -0.25) is 4.79 Å². The van der Waals surface area contributed by atoms with Crippen LogP contribution in [-0.4, -0.2) is 18.9 Å². The lowest BCUT2D eigenvalue weighted by molar-refractivity contribution is -0.137. The highest BCUT2D eigenvalue weighted by molar-refractivity contribution is 5.95. The van der Waals surface area contributed by atoms with Crippen molar-refractivity contribution in [2.45, 2.75) is 58.3 Å². The minimum atomic E-state index is -0.485. The van der Waals surface area contributed by atoms with Gasteiger partial charge in [0.1, 0.15) is 5.78 Å². The predicted molar refractivity (Wildman–Crippen MR) is 68.8 cm³/mol. The zero-order valence-corrected chi connectivity index (χ0v) is 11.1. The molecule has 0 saturated heterocycles. The van der Waals surface area contributed by atoms with Gasteiger partial charge in [-0.15, -0.1) is 0 Å². The second-order valence-corrected chi connectivity index (χ2v) is 4.33. The van der Waals surface area contributed by atoms with E-state index in [1.165, 1.54) is 32.8 Å². The Morgan fingerprint density at radius 2 is 1.65 bits per heavy atom. The average molecular weight is 240 g/mol. The lowest BCUT2D eigenvalue weighted by Gasteiger charge is -2.03. The monoisotopic (exact) mass is 240 g/mol. The Bertz CT molecular complexity index is 256. The zero-order valence-electron chi connectivity index (χ0n) is 11.1. The normalized spacial score (nSPS) is 10.0. The van der Waals surface area contributed by atoms with E-state index in [1.807, 2.05) is 0 Å². The van der Waals surface area contributed by atoms with Crippen LogP contribution in [0.4, 0.5) is 0 Å². The maximum absolute atomic E-state index is 11.5. The van der Waals surface area contributed by atoms with Gasteiger partial charge in [-0.05, 0) is 6.42 Å². The highest BCUT2D eigenvalue weighted by atomic mass is 16.5. The van der Waals surface area contributed by atoms with Crippen LogP contribution in [0.3, 0.4) is 0 Å². The van der Waals surface area contributed by atoms with E-state index in [0.29, 0.717) is 6.42 Å². The molecule has 0 saturated carbocycles. The van der Waals surface area contributed by atoms with Gasteiger partial charge in [-0.25, -0.2) is 4.79 Å². The van der Waals surface area contributed by atoms with Gasteiger partial charge < -0.3 is 4.74 Å². The Hall–Kier alpha value is -1.12. The maximum Gasteiger partial charge on any atom is 0.333 e. The van der Waals surface area contributed by atoms with E-state index < -0.39 is 5.97 Å². The number of carbonyl (C=O) groups excluding carboxylic acids is 2. The molecule has 0 atom stereocenters. The largest absolute Gasteiger partial charge is 0.466 e. The summed E-state index contributed by atoms with van der Waals surface area (Å²) in [7, 11) is 1.30. The van der Waals surface area contributed by atoms with Crippen molar-refractivity contribution in [3.8, 4) is 0 Å². The van der Waals surface area contributed by atoms with E-state index in [1.54, 1.807) is 0 Å². The summed E-state index contributed by atoms with van der Waals surface area (Å²) in [4.78, 5) is 22.5. The topological polar surface area (TPSA) is 43.4 Å². The molecular formula is C14H24O3. The highest BCUT2D eigenvalue weighted by Crippen LogP contribution is 2.10. The molecule has 0 heterocycles. The molecule has 0 radical (unpaired) electrons. The molecule has 0 aromatic heterocycles. The molecule has 0 aliphatic heterocycles. The van der Waals surface area contributed by atoms with E-state index in [2.05, 4.69) is 18.2 Å². The Morgan fingerprint density at radius 1 is 1.06 bits per heavy atom. The van der Waals surface area contributed by atoms with Crippen molar-refractivity contribution in [1.82, 2.24) is 0 Å². The molecule has 3 nitrogen and oxygen atoms in total. The molecule has 0 bridgehead atoms. The first kappa shape index (κ1) is 15.9. The molecule has 0 aromatic carbocycles. The molecule has 0 unspecified atom stereocenters. The van der Waals surface area contributed by atoms with E-state index >= 15 is 0 Å². The number of ketones is 1. The smallest absolute Gasteiger partial charge is 0.333 e. The first-order valence-corrected chi connectivity index (χ1v) is 6.39. The van der Waals surface area contributed by atoms with Gasteiger partial charge in [-0.2, -0.15) is 0 Å². The third-order valence-corrected chi connectivity index (χ3v) is 2.69. The van der Waals surface area contributed by atoms with Crippen LogP contribution >= 0.6 is 0 Å². The second kappa shape index (κ2) is 10.1. The SMILES string of the molecule is C=C(CC(=O)CCCCCCCC)C(=O)OC.